The van der Waals surface area contributed by atoms with E-state index in [-0.39, 0.29) is 0 Å². The number of anilines is 1. The molecule has 1 aliphatic carbocycles. The molecule has 3 rings (SSSR count). The van der Waals surface area contributed by atoms with Crippen LogP contribution in [0.25, 0.3) is 10.1 Å². The van der Waals surface area contributed by atoms with Gasteiger partial charge in [0.05, 0.1) is 4.70 Å². The van der Waals surface area contributed by atoms with Gasteiger partial charge in [0, 0.05) is 18.3 Å². The van der Waals surface area contributed by atoms with Crippen molar-refractivity contribution in [3.63, 3.8) is 0 Å². The summed E-state index contributed by atoms with van der Waals surface area (Å²) in [7, 11) is 0. The Bertz CT molecular complexity index is 500. The summed E-state index contributed by atoms with van der Waals surface area (Å²) in [4.78, 5) is 0. The summed E-state index contributed by atoms with van der Waals surface area (Å²) in [6, 6.07) is 6.93. The van der Waals surface area contributed by atoms with Crippen LogP contribution in [0.15, 0.2) is 23.6 Å². The van der Waals surface area contributed by atoms with Gasteiger partial charge in [-0.2, -0.15) is 0 Å². The van der Waals surface area contributed by atoms with Crippen molar-refractivity contribution in [2.24, 2.45) is 0 Å². The second-order valence-electron chi connectivity index (χ2n) is 4.49. The molecule has 2 aromatic rings. The second kappa shape index (κ2) is 4.07. The molecule has 0 aliphatic heterocycles. The maximum absolute atomic E-state index is 5.95. The molecule has 0 radical (unpaired) electrons. The summed E-state index contributed by atoms with van der Waals surface area (Å²) in [6.45, 7) is 0.980. The number of fused-ring (bicyclic) bond motifs is 1. The van der Waals surface area contributed by atoms with E-state index in [1.807, 2.05) is 12.1 Å². The van der Waals surface area contributed by atoms with Crippen LogP contribution >= 0.6 is 11.3 Å². The predicted molar refractivity (Wildman–Crippen MR) is 70.7 cm³/mol. The van der Waals surface area contributed by atoms with Crippen LogP contribution in [-0.4, -0.2) is 6.04 Å². The van der Waals surface area contributed by atoms with Crippen molar-refractivity contribution in [1.29, 1.82) is 0 Å². The fourth-order valence-corrected chi connectivity index (χ4v) is 3.14. The summed E-state index contributed by atoms with van der Waals surface area (Å²) < 4.78 is 1.23. The van der Waals surface area contributed by atoms with Crippen LogP contribution in [0.5, 0.6) is 0 Å². The third-order valence-corrected chi connectivity index (χ3v) is 4.49. The molecule has 1 fully saturated rings. The molecule has 16 heavy (non-hydrogen) atoms. The lowest BCUT2D eigenvalue weighted by Gasteiger charge is -2.26. The molecule has 1 aliphatic rings. The number of nitrogens with one attached hydrogen (secondary N) is 1. The van der Waals surface area contributed by atoms with Gasteiger partial charge in [-0.1, -0.05) is 18.6 Å². The first-order valence-electron chi connectivity index (χ1n) is 5.82. The van der Waals surface area contributed by atoms with Crippen molar-refractivity contribution in [2.75, 3.05) is 5.73 Å². The Balaban J connectivity index is 1.83. The summed E-state index contributed by atoms with van der Waals surface area (Å²) in [6.07, 6.45) is 4.06. The van der Waals surface area contributed by atoms with Gasteiger partial charge in [-0.3, -0.25) is 0 Å². The molecule has 3 N–H and O–H groups in total. The molecule has 0 amide bonds. The average Bonchev–Trinajstić information content (AvgIpc) is 2.61. The largest absolute Gasteiger partial charge is 0.398 e. The topological polar surface area (TPSA) is 38.0 Å². The maximum Gasteiger partial charge on any atom is 0.0575 e. The molecule has 0 unspecified atom stereocenters. The number of rotatable bonds is 3. The lowest BCUT2D eigenvalue weighted by Crippen LogP contribution is -2.34. The van der Waals surface area contributed by atoms with E-state index < -0.39 is 0 Å². The zero-order chi connectivity index (χ0) is 11.0. The molecule has 1 heterocycles. The Labute approximate surface area is 99.5 Å². The average molecular weight is 232 g/mol. The summed E-state index contributed by atoms with van der Waals surface area (Å²) >= 11 is 1.75. The van der Waals surface area contributed by atoms with E-state index in [2.05, 4.69) is 16.8 Å². The minimum Gasteiger partial charge on any atom is -0.398 e. The number of nitrogens with two attached hydrogens (primary N) is 1. The fourth-order valence-electron chi connectivity index (χ4n) is 2.14. The van der Waals surface area contributed by atoms with Crippen molar-refractivity contribution in [1.82, 2.24) is 5.32 Å². The van der Waals surface area contributed by atoms with Crippen molar-refractivity contribution < 1.29 is 0 Å². The first kappa shape index (κ1) is 10.1. The van der Waals surface area contributed by atoms with Crippen molar-refractivity contribution in [2.45, 2.75) is 31.8 Å². The lowest BCUT2D eigenvalue weighted by atomic mass is 9.93. The van der Waals surface area contributed by atoms with E-state index in [1.165, 1.54) is 34.9 Å². The maximum atomic E-state index is 5.95. The number of thiophene rings is 1. The SMILES string of the molecule is Nc1cccc2c(CNC3CCC3)csc12. The molecule has 0 atom stereocenters. The molecule has 1 saturated carbocycles. The van der Waals surface area contributed by atoms with Gasteiger partial charge in [-0.15, -0.1) is 11.3 Å². The normalized spacial score (nSPS) is 16.5. The minimum atomic E-state index is 0.746. The number of benzene rings is 1. The molecule has 0 saturated heterocycles. The van der Waals surface area contributed by atoms with E-state index in [0.29, 0.717) is 0 Å². The number of hydrogen-bond acceptors (Lipinski definition) is 3. The Morgan fingerprint density at radius 3 is 3.00 bits per heavy atom. The quantitative estimate of drug-likeness (QED) is 0.798. The van der Waals surface area contributed by atoms with Crippen LogP contribution < -0.4 is 11.1 Å². The molecule has 84 valence electrons. The predicted octanol–water partition coefficient (Wildman–Crippen LogP) is 3.13. The summed E-state index contributed by atoms with van der Waals surface area (Å²) in [5.74, 6) is 0. The highest BCUT2D eigenvalue weighted by molar-refractivity contribution is 7.18. The van der Waals surface area contributed by atoms with Gasteiger partial charge in [0.15, 0.2) is 0 Å². The zero-order valence-electron chi connectivity index (χ0n) is 9.20. The Morgan fingerprint density at radius 2 is 2.25 bits per heavy atom. The van der Waals surface area contributed by atoms with Gasteiger partial charge in [0.2, 0.25) is 0 Å². The third kappa shape index (κ3) is 1.70. The van der Waals surface area contributed by atoms with Crippen LogP contribution in [0.4, 0.5) is 5.69 Å². The van der Waals surface area contributed by atoms with Gasteiger partial charge in [0.25, 0.3) is 0 Å². The Hall–Kier alpha value is -1.06. The third-order valence-electron chi connectivity index (χ3n) is 3.40. The van der Waals surface area contributed by atoms with Gasteiger partial charge in [-0.05, 0) is 35.2 Å². The molecule has 1 aromatic heterocycles. The van der Waals surface area contributed by atoms with Crippen molar-refractivity contribution >= 4 is 27.1 Å². The molecule has 2 nitrogen and oxygen atoms in total. The highest BCUT2D eigenvalue weighted by atomic mass is 32.1. The minimum absolute atomic E-state index is 0.746. The first-order valence-corrected chi connectivity index (χ1v) is 6.70. The second-order valence-corrected chi connectivity index (χ2v) is 5.37. The number of nitrogen functional groups attached to an aromatic ring is 1. The van der Waals surface area contributed by atoms with E-state index in [9.17, 15) is 0 Å². The van der Waals surface area contributed by atoms with E-state index in [4.69, 9.17) is 5.73 Å². The van der Waals surface area contributed by atoms with Crippen LogP contribution in [0.3, 0.4) is 0 Å². The monoisotopic (exact) mass is 232 g/mol. The molecular weight excluding hydrogens is 216 g/mol. The summed E-state index contributed by atoms with van der Waals surface area (Å²) in [5.41, 5.74) is 8.24. The standard InChI is InChI=1S/C13H16N2S/c14-12-6-2-5-11-9(8-16-13(11)12)7-15-10-3-1-4-10/h2,5-6,8,10,15H,1,3-4,7,14H2. The first-order chi connectivity index (χ1) is 7.84. The highest BCUT2D eigenvalue weighted by Gasteiger charge is 2.16. The molecule has 0 spiro atoms. The van der Waals surface area contributed by atoms with Gasteiger partial charge < -0.3 is 11.1 Å². The zero-order valence-corrected chi connectivity index (χ0v) is 10.0. The lowest BCUT2D eigenvalue weighted by molar-refractivity contribution is 0.339. The van der Waals surface area contributed by atoms with Gasteiger partial charge in [-0.25, -0.2) is 0 Å². The van der Waals surface area contributed by atoms with E-state index in [0.717, 1.165) is 18.3 Å². The smallest absolute Gasteiger partial charge is 0.0575 e. The van der Waals surface area contributed by atoms with Crippen LogP contribution in [0.2, 0.25) is 0 Å². The van der Waals surface area contributed by atoms with E-state index in [1.54, 1.807) is 11.3 Å². The van der Waals surface area contributed by atoms with E-state index >= 15 is 0 Å². The molecular formula is C13H16N2S. The number of hydrogen-bond donors (Lipinski definition) is 2. The Morgan fingerprint density at radius 1 is 1.38 bits per heavy atom. The van der Waals surface area contributed by atoms with Crippen molar-refractivity contribution in [3.8, 4) is 0 Å². The van der Waals surface area contributed by atoms with Crippen LogP contribution in [0.1, 0.15) is 24.8 Å². The van der Waals surface area contributed by atoms with Crippen LogP contribution in [-0.2, 0) is 6.54 Å². The highest BCUT2D eigenvalue weighted by Crippen LogP contribution is 2.30. The summed E-state index contributed by atoms with van der Waals surface area (Å²) in [5, 5.41) is 7.14. The van der Waals surface area contributed by atoms with Gasteiger partial charge in [0.1, 0.15) is 0 Å². The van der Waals surface area contributed by atoms with Gasteiger partial charge >= 0.3 is 0 Å². The molecule has 0 bridgehead atoms. The fraction of sp³-hybridized carbons (Fsp3) is 0.385. The molecule has 1 aromatic carbocycles. The van der Waals surface area contributed by atoms with Crippen molar-refractivity contribution in [3.05, 3.63) is 29.1 Å². The van der Waals surface area contributed by atoms with Crippen LogP contribution in [0, 0.1) is 0 Å². The molecule has 3 heteroatoms. The Kier molecular flexibility index (Phi) is 2.58.